The third kappa shape index (κ3) is 6.99. The van der Waals surface area contributed by atoms with Crippen LogP contribution in [0.3, 0.4) is 0 Å². The van der Waals surface area contributed by atoms with Gasteiger partial charge in [-0.05, 0) is 56.0 Å². The molecule has 1 aliphatic rings. The highest BCUT2D eigenvalue weighted by Crippen LogP contribution is 2.20. The minimum atomic E-state index is -0.554. The molecule has 1 saturated carbocycles. The van der Waals surface area contributed by atoms with Gasteiger partial charge in [-0.1, -0.05) is 67.6 Å². The number of nitrogens with one attached hydrogen (secondary N) is 1. The van der Waals surface area contributed by atoms with Crippen molar-refractivity contribution in [2.24, 2.45) is 0 Å². The molecule has 1 N–H and O–H groups in total. The summed E-state index contributed by atoms with van der Waals surface area (Å²) in [5, 5.41) is 3.82. The molecular formula is C26H33ClN2O3. The van der Waals surface area contributed by atoms with Crippen LogP contribution in [0, 0.1) is 6.92 Å². The molecule has 0 aromatic heterocycles. The Kier molecular flexibility index (Phi) is 8.98. The van der Waals surface area contributed by atoms with Crippen LogP contribution in [0.5, 0.6) is 5.75 Å². The minimum absolute atomic E-state index is 0.0861. The van der Waals surface area contributed by atoms with Gasteiger partial charge < -0.3 is 15.0 Å². The van der Waals surface area contributed by atoms with Gasteiger partial charge >= 0.3 is 0 Å². The second-order valence-corrected chi connectivity index (χ2v) is 8.95. The van der Waals surface area contributed by atoms with Crippen LogP contribution in [0.1, 0.15) is 56.6 Å². The van der Waals surface area contributed by atoms with Crippen LogP contribution >= 0.6 is 11.6 Å². The highest BCUT2D eigenvalue weighted by atomic mass is 35.5. The van der Waals surface area contributed by atoms with Crippen LogP contribution < -0.4 is 10.1 Å². The number of hydrogen-bond donors (Lipinski definition) is 1. The van der Waals surface area contributed by atoms with E-state index in [2.05, 4.69) is 5.32 Å². The molecule has 1 fully saturated rings. The fraction of sp³-hybridized carbons (Fsp3) is 0.462. The Morgan fingerprint density at radius 2 is 1.72 bits per heavy atom. The molecule has 0 spiro atoms. The van der Waals surface area contributed by atoms with Crippen LogP contribution in [0.2, 0.25) is 5.02 Å². The number of ether oxygens (including phenoxy) is 1. The Morgan fingerprint density at radius 3 is 2.34 bits per heavy atom. The summed E-state index contributed by atoms with van der Waals surface area (Å²) >= 11 is 6.02. The first-order valence-electron chi connectivity index (χ1n) is 11.5. The van der Waals surface area contributed by atoms with E-state index in [1.807, 2.05) is 50.2 Å². The maximum absolute atomic E-state index is 13.2. The smallest absolute Gasteiger partial charge is 0.261 e. The van der Waals surface area contributed by atoms with Gasteiger partial charge in [0, 0.05) is 17.6 Å². The summed E-state index contributed by atoms with van der Waals surface area (Å²) in [6, 6.07) is 14.6. The lowest BCUT2D eigenvalue weighted by Crippen LogP contribution is -2.52. The van der Waals surface area contributed by atoms with E-state index in [1.165, 1.54) is 6.42 Å². The van der Waals surface area contributed by atoms with Gasteiger partial charge in [-0.2, -0.15) is 0 Å². The molecule has 2 aromatic rings. The quantitative estimate of drug-likeness (QED) is 0.558. The van der Waals surface area contributed by atoms with E-state index >= 15 is 0 Å². The first-order valence-corrected chi connectivity index (χ1v) is 11.9. The van der Waals surface area contributed by atoms with Crippen molar-refractivity contribution in [2.45, 2.75) is 71.0 Å². The lowest BCUT2D eigenvalue weighted by atomic mass is 9.95. The van der Waals surface area contributed by atoms with E-state index in [9.17, 15) is 9.59 Å². The molecular weight excluding hydrogens is 424 g/mol. The highest BCUT2D eigenvalue weighted by molar-refractivity contribution is 6.30. The number of carbonyl (C=O) groups excluding carboxylic acids is 2. The first-order chi connectivity index (χ1) is 15.5. The van der Waals surface area contributed by atoms with Gasteiger partial charge in [-0.25, -0.2) is 0 Å². The summed E-state index contributed by atoms with van der Waals surface area (Å²) in [4.78, 5) is 28.1. The molecule has 5 nitrogen and oxygen atoms in total. The van der Waals surface area contributed by atoms with E-state index in [4.69, 9.17) is 16.3 Å². The molecule has 6 heteroatoms. The van der Waals surface area contributed by atoms with Gasteiger partial charge in [-0.3, -0.25) is 9.59 Å². The predicted molar refractivity (Wildman–Crippen MR) is 128 cm³/mol. The number of hydrogen-bond acceptors (Lipinski definition) is 3. The topological polar surface area (TPSA) is 58.6 Å². The fourth-order valence-corrected chi connectivity index (χ4v) is 4.24. The maximum atomic E-state index is 13.2. The number of amides is 2. The van der Waals surface area contributed by atoms with Crippen LogP contribution in [0.15, 0.2) is 48.5 Å². The van der Waals surface area contributed by atoms with Crippen molar-refractivity contribution in [3.05, 3.63) is 64.7 Å². The van der Waals surface area contributed by atoms with Crippen molar-refractivity contribution in [1.82, 2.24) is 10.2 Å². The van der Waals surface area contributed by atoms with Crippen LogP contribution in [0.4, 0.5) is 0 Å². The van der Waals surface area contributed by atoms with E-state index in [-0.39, 0.29) is 24.5 Å². The maximum Gasteiger partial charge on any atom is 0.261 e. The molecule has 0 radical (unpaired) electrons. The van der Waals surface area contributed by atoms with Gasteiger partial charge in [0.25, 0.3) is 5.91 Å². The van der Waals surface area contributed by atoms with E-state index in [0.717, 1.165) is 36.8 Å². The zero-order valence-electron chi connectivity index (χ0n) is 19.0. The van der Waals surface area contributed by atoms with E-state index in [1.54, 1.807) is 17.0 Å². The molecule has 0 bridgehead atoms. The molecule has 0 heterocycles. The Balaban J connectivity index is 1.73. The zero-order valence-corrected chi connectivity index (χ0v) is 19.7. The van der Waals surface area contributed by atoms with Gasteiger partial charge in [0.1, 0.15) is 11.8 Å². The zero-order chi connectivity index (χ0) is 22.9. The first kappa shape index (κ1) is 24.1. The molecule has 172 valence electrons. The summed E-state index contributed by atoms with van der Waals surface area (Å²) in [5.74, 6) is 0.332. The lowest BCUT2D eigenvalue weighted by molar-refractivity contribution is -0.143. The largest absolute Gasteiger partial charge is 0.484 e. The van der Waals surface area contributed by atoms with E-state index < -0.39 is 6.04 Å². The number of nitrogens with zero attached hydrogens (tertiary/aromatic N) is 1. The number of rotatable bonds is 9. The lowest BCUT2D eigenvalue weighted by Gasteiger charge is -2.32. The molecule has 1 atom stereocenters. The predicted octanol–water partition coefficient (Wildman–Crippen LogP) is 5.28. The summed E-state index contributed by atoms with van der Waals surface area (Å²) < 4.78 is 5.74. The molecule has 0 saturated heterocycles. The van der Waals surface area contributed by atoms with Crippen LogP contribution in [-0.2, 0) is 16.1 Å². The summed E-state index contributed by atoms with van der Waals surface area (Å²) in [6.45, 7) is 4.14. The standard InChI is InChI=1S/C26H33ClN2O3/c1-3-24(26(31)28-22-7-5-4-6-8-22)29(17-20-11-13-21(27)14-12-20)25(30)18-32-23-15-9-19(2)10-16-23/h9-16,22,24H,3-8,17-18H2,1-2H3,(H,28,31)/t24-/m1/s1. The van der Waals surface area contributed by atoms with Gasteiger partial charge in [-0.15, -0.1) is 0 Å². The van der Waals surface area contributed by atoms with Crippen LogP contribution in [0.25, 0.3) is 0 Å². The van der Waals surface area contributed by atoms with Crippen LogP contribution in [-0.4, -0.2) is 35.4 Å². The number of halogens is 1. The molecule has 2 aromatic carbocycles. The molecule has 3 rings (SSSR count). The average molecular weight is 457 g/mol. The van der Waals surface area contributed by atoms with Crippen molar-refractivity contribution in [1.29, 1.82) is 0 Å². The second kappa shape index (κ2) is 11.9. The van der Waals surface area contributed by atoms with Crippen molar-refractivity contribution in [3.63, 3.8) is 0 Å². The number of aryl methyl sites for hydroxylation is 1. The van der Waals surface area contributed by atoms with Gasteiger partial charge in [0.2, 0.25) is 5.91 Å². The Morgan fingerprint density at radius 1 is 1.06 bits per heavy atom. The summed E-state index contributed by atoms with van der Waals surface area (Å²) in [5.41, 5.74) is 2.04. The SMILES string of the molecule is CC[C@H](C(=O)NC1CCCCC1)N(Cc1ccc(Cl)cc1)C(=O)COc1ccc(C)cc1. The molecule has 32 heavy (non-hydrogen) atoms. The fourth-order valence-electron chi connectivity index (χ4n) is 4.11. The second-order valence-electron chi connectivity index (χ2n) is 8.52. The van der Waals surface area contributed by atoms with Crippen molar-refractivity contribution in [2.75, 3.05) is 6.61 Å². The normalized spacial score (nSPS) is 15.1. The Hall–Kier alpha value is -2.53. The molecule has 0 unspecified atom stereocenters. The van der Waals surface area contributed by atoms with Crippen molar-refractivity contribution >= 4 is 23.4 Å². The third-order valence-corrected chi connectivity index (χ3v) is 6.24. The molecule has 1 aliphatic carbocycles. The molecule has 0 aliphatic heterocycles. The minimum Gasteiger partial charge on any atom is -0.484 e. The van der Waals surface area contributed by atoms with Crippen molar-refractivity contribution < 1.29 is 14.3 Å². The Bertz CT molecular complexity index is 877. The monoisotopic (exact) mass is 456 g/mol. The number of benzene rings is 2. The highest BCUT2D eigenvalue weighted by Gasteiger charge is 2.30. The van der Waals surface area contributed by atoms with E-state index in [0.29, 0.717) is 23.7 Å². The summed E-state index contributed by atoms with van der Waals surface area (Å²) in [7, 11) is 0. The van der Waals surface area contributed by atoms with Gasteiger partial charge in [0.05, 0.1) is 0 Å². The Labute approximate surface area is 196 Å². The molecule has 2 amide bonds. The van der Waals surface area contributed by atoms with Crippen molar-refractivity contribution in [3.8, 4) is 5.75 Å². The third-order valence-electron chi connectivity index (χ3n) is 5.99. The number of carbonyl (C=O) groups is 2. The summed E-state index contributed by atoms with van der Waals surface area (Å²) in [6.07, 6.45) is 6.04. The average Bonchev–Trinajstić information content (AvgIpc) is 2.80. The van der Waals surface area contributed by atoms with Gasteiger partial charge in [0.15, 0.2) is 6.61 Å².